The molecule has 1 fully saturated rings. The first-order chi connectivity index (χ1) is 7.96. The molecule has 0 unspecified atom stereocenters. The lowest BCUT2D eigenvalue weighted by Gasteiger charge is -2.26. The van der Waals surface area contributed by atoms with Crippen LogP contribution in [-0.4, -0.2) is 35.9 Å². The molecule has 13 heteroatoms. The van der Waals surface area contributed by atoms with Crippen molar-refractivity contribution in [1.82, 2.24) is 0 Å². The summed E-state index contributed by atoms with van der Waals surface area (Å²) in [6, 6.07) is 0. The third kappa shape index (κ3) is 1.69. The number of hydrogen-bond donors (Lipinski definition) is 0. The summed E-state index contributed by atoms with van der Waals surface area (Å²) in [7, 11) is 0. The lowest BCUT2D eigenvalue weighted by molar-refractivity contribution is -0.339. The molecular formula is C6F12O. The second-order valence-electron chi connectivity index (χ2n) is 3.45. The highest BCUT2D eigenvalue weighted by molar-refractivity contribution is 5.25. The fourth-order valence-electron chi connectivity index (χ4n) is 1.29. The first kappa shape index (κ1) is 16.2. The second kappa shape index (κ2) is 3.41. The van der Waals surface area contributed by atoms with Gasteiger partial charge in [-0.2, -0.15) is 48.3 Å². The Morgan fingerprint density at radius 3 is 1.11 bits per heavy atom. The van der Waals surface area contributed by atoms with Gasteiger partial charge in [-0.15, -0.1) is 0 Å². The minimum atomic E-state index is -7.00. The van der Waals surface area contributed by atoms with E-state index >= 15 is 0 Å². The lowest BCUT2D eigenvalue weighted by atomic mass is 9.96. The Labute approximate surface area is 94.7 Å². The minimum Gasteiger partial charge on any atom is -0.308 e. The molecule has 0 radical (unpaired) electrons. The molecule has 0 aromatic heterocycles. The Morgan fingerprint density at radius 1 is 0.632 bits per heavy atom. The summed E-state index contributed by atoms with van der Waals surface area (Å²) < 4.78 is 147. The predicted octanol–water partition coefficient (Wildman–Crippen LogP) is 3.74. The standard InChI is InChI=1S/C6F12O/c7-2(8,6(16,17)18)3(9)1(19-3,4(10,11)12)5(13,14)15/t3-/m0/s1. The van der Waals surface area contributed by atoms with E-state index in [4.69, 9.17) is 0 Å². The molecular weight excluding hydrogens is 316 g/mol. The van der Waals surface area contributed by atoms with Gasteiger partial charge in [-0.1, -0.05) is 0 Å². The smallest absolute Gasteiger partial charge is 0.308 e. The van der Waals surface area contributed by atoms with Crippen molar-refractivity contribution in [3.63, 3.8) is 0 Å². The summed E-state index contributed by atoms with van der Waals surface area (Å²) in [5.74, 6) is -13.3. The maximum absolute atomic E-state index is 13.0. The average Bonchev–Trinajstić information content (AvgIpc) is 2.71. The van der Waals surface area contributed by atoms with Crippen LogP contribution in [0.1, 0.15) is 0 Å². The number of epoxide rings is 1. The third-order valence-electron chi connectivity index (χ3n) is 2.26. The molecule has 1 nitrogen and oxygen atoms in total. The van der Waals surface area contributed by atoms with Gasteiger partial charge in [0, 0.05) is 0 Å². The molecule has 1 atom stereocenters. The first-order valence-electron chi connectivity index (χ1n) is 3.93. The fourth-order valence-corrected chi connectivity index (χ4v) is 1.29. The van der Waals surface area contributed by atoms with Gasteiger partial charge in [0.15, 0.2) is 0 Å². The van der Waals surface area contributed by atoms with Gasteiger partial charge in [0.2, 0.25) is 0 Å². The maximum Gasteiger partial charge on any atom is 0.459 e. The number of alkyl halides is 12. The van der Waals surface area contributed by atoms with Crippen molar-refractivity contribution in [3.05, 3.63) is 0 Å². The summed E-state index contributed by atoms with van der Waals surface area (Å²) >= 11 is 0. The van der Waals surface area contributed by atoms with Crippen molar-refractivity contribution in [2.24, 2.45) is 0 Å². The van der Waals surface area contributed by atoms with E-state index in [0.717, 1.165) is 0 Å². The molecule has 19 heavy (non-hydrogen) atoms. The maximum atomic E-state index is 13.0. The summed E-state index contributed by atoms with van der Waals surface area (Å²) in [6.07, 6.45) is -20.7. The van der Waals surface area contributed by atoms with Gasteiger partial charge in [-0.25, -0.2) is 4.39 Å². The van der Waals surface area contributed by atoms with Crippen molar-refractivity contribution in [2.75, 3.05) is 0 Å². The van der Waals surface area contributed by atoms with Crippen LogP contribution in [0.2, 0.25) is 0 Å². The number of halogens is 12. The van der Waals surface area contributed by atoms with Crippen LogP contribution in [0.4, 0.5) is 52.7 Å². The molecule has 114 valence electrons. The van der Waals surface area contributed by atoms with E-state index < -0.39 is 35.9 Å². The van der Waals surface area contributed by atoms with Crippen molar-refractivity contribution >= 4 is 0 Å². The fraction of sp³-hybridized carbons (Fsp3) is 1.00. The zero-order valence-corrected chi connectivity index (χ0v) is 7.94. The zero-order valence-electron chi connectivity index (χ0n) is 7.94. The Balaban J connectivity index is 3.41. The molecule has 0 aromatic carbocycles. The van der Waals surface area contributed by atoms with Crippen molar-refractivity contribution in [2.45, 2.75) is 35.9 Å². The molecule has 0 aliphatic carbocycles. The normalized spacial score (nSPS) is 28.4. The van der Waals surface area contributed by atoms with Crippen LogP contribution in [0.3, 0.4) is 0 Å². The van der Waals surface area contributed by atoms with Crippen LogP contribution < -0.4 is 0 Å². The molecule has 0 aromatic rings. The monoisotopic (exact) mass is 316 g/mol. The van der Waals surface area contributed by atoms with Crippen LogP contribution in [0.15, 0.2) is 0 Å². The first-order valence-corrected chi connectivity index (χ1v) is 3.93. The van der Waals surface area contributed by atoms with E-state index in [1.807, 2.05) is 0 Å². The SMILES string of the molecule is FC(F)(F)C(F)(F)[C@@]1(F)OC1(C(F)(F)F)C(F)(F)F. The van der Waals surface area contributed by atoms with Crippen LogP contribution in [-0.2, 0) is 4.74 Å². The molecule has 0 bridgehead atoms. The number of rotatable bonds is 1. The highest BCUT2D eigenvalue weighted by Crippen LogP contribution is 2.72. The average molecular weight is 316 g/mol. The highest BCUT2D eigenvalue weighted by Gasteiger charge is 3.05. The molecule has 0 amide bonds. The Kier molecular flexibility index (Phi) is 2.90. The quantitative estimate of drug-likeness (QED) is 0.530. The van der Waals surface area contributed by atoms with Gasteiger partial charge in [0.25, 0.3) is 0 Å². The molecule has 1 aliphatic rings. The number of hydrogen-bond acceptors (Lipinski definition) is 1. The van der Waals surface area contributed by atoms with E-state index in [2.05, 4.69) is 4.74 Å². The van der Waals surface area contributed by atoms with E-state index in [1.54, 1.807) is 0 Å². The molecule has 0 N–H and O–H groups in total. The van der Waals surface area contributed by atoms with E-state index in [-0.39, 0.29) is 0 Å². The Bertz CT molecular complexity index is 359. The van der Waals surface area contributed by atoms with Crippen molar-refractivity contribution in [3.8, 4) is 0 Å². The molecule has 1 rings (SSSR count). The highest BCUT2D eigenvalue weighted by atomic mass is 19.4. The van der Waals surface area contributed by atoms with Crippen molar-refractivity contribution in [1.29, 1.82) is 0 Å². The molecule has 0 spiro atoms. The second-order valence-corrected chi connectivity index (χ2v) is 3.45. The Morgan fingerprint density at radius 2 is 0.947 bits per heavy atom. The van der Waals surface area contributed by atoms with Gasteiger partial charge in [-0.05, 0) is 0 Å². The van der Waals surface area contributed by atoms with Crippen LogP contribution in [0, 0.1) is 0 Å². The van der Waals surface area contributed by atoms with Crippen LogP contribution >= 0.6 is 0 Å². The third-order valence-corrected chi connectivity index (χ3v) is 2.26. The Hall–Kier alpha value is -0.880. The molecule has 1 saturated heterocycles. The molecule has 1 heterocycles. The minimum absolute atomic E-state index is 2.23. The van der Waals surface area contributed by atoms with Gasteiger partial charge in [0.05, 0.1) is 0 Å². The van der Waals surface area contributed by atoms with Gasteiger partial charge >= 0.3 is 35.9 Å². The zero-order chi connectivity index (χ0) is 15.7. The van der Waals surface area contributed by atoms with Crippen LogP contribution in [0.25, 0.3) is 0 Å². The molecule has 1 aliphatic heterocycles. The van der Waals surface area contributed by atoms with Gasteiger partial charge in [-0.3, -0.25) is 0 Å². The van der Waals surface area contributed by atoms with E-state index in [1.165, 1.54) is 0 Å². The van der Waals surface area contributed by atoms with Crippen molar-refractivity contribution < 1.29 is 57.4 Å². The van der Waals surface area contributed by atoms with Gasteiger partial charge < -0.3 is 4.74 Å². The number of ether oxygens (including phenoxy) is 1. The summed E-state index contributed by atoms with van der Waals surface area (Å²) in [4.78, 5) is 0. The summed E-state index contributed by atoms with van der Waals surface area (Å²) in [5.41, 5.74) is -6.22. The largest absolute Gasteiger partial charge is 0.459 e. The summed E-state index contributed by atoms with van der Waals surface area (Å²) in [6.45, 7) is 0. The van der Waals surface area contributed by atoms with Crippen LogP contribution in [0.5, 0.6) is 0 Å². The van der Waals surface area contributed by atoms with E-state index in [9.17, 15) is 52.7 Å². The molecule has 0 saturated carbocycles. The van der Waals surface area contributed by atoms with Gasteiger partial charge in [0.1, 0.15) is 0 Å². The lowest BCUT2D eigenvalue weighted by Crippen LogP contribution is -2.59. The topological polar surface area (TPSA) is 12.5 Å². The predicted molar refractivity (Wildman–Crippen MR) is 30.8 cm³/mol. The summed E-state index contributed by atoms with van der Waals surface area (Å²) in [5, 5.41) is 0. The van der Waals surface area contributed by atoms with E-state index in [0.29, 0.717) is 0 Å².